The van der Waals surface area contributed by atoms with Crippen LogP contribution in [0.3, 0.4) is 0 Å². The first-order chi connectivity index (χ1) is 14.7. The van der Waals surface area contributed by atoms with Gasteiger partial charge in [-0.25, -0.2) is 0 Å². The molecule has 1 fully saturated rings. The number of amides is 2. The van der Waals surface area contributed by atoms with Crippen LogP contribution in [-0.2, 0) is 16.1 Å². The van der Waals surface area contributed by atoms with E-state index in [1.165, 1.54) is 24.4 Å². The molecule has 2 aromatic rings. The minimum Gasteiger partial charge on any atom is -0.352 e. The van der Waals surface area contributed by atoms with E-state index in [0.717, 1.165) is 19.3 Å². The second-order valence-corrected chi connectivity index (χ2v) is 9.40. The quantitative estimate of drug-likeness (QED) is 0.746. The van der Waals surface area contributed by atoms with E-state index in [-0.39, 0.29) is 35.6 Å². The maximum atomic E-state index is 13.1. The first kappa shape index (κ1) is 21.2. The van der Waals surface area contributed by atoms with Crippen molar-refractivity contribution >= 4 is 28.6 Å². The van der Waals surface area contributed by atoms with E-state index in [2.05, 4.69) is 29.4 Å². The molecule has 1 aliphatic carbocycles. The van der Waals surface area contributed by atoms with Gasteiger partial charge in [0.1, 0.15) is 12.6 Å². The fourth-order valence-electron chi connectivity index (χ4n) is 4.79. The Morgan fingerprint density at radius 2 is 2.10 bits per heavy atom. The molecule has 8 nitrogen and oxygen atoms in total. The molecule has 3 heterocycles. The van der Waals surface area contributed by atoms with E-state index in [1.807, 2.05) is 6.08 Å². The number of ketones is 1. The van der Waals surface area contributed by atoms with Gasteiger partial charge in [-0.2, -0.15) is 5.10 Å². The normalized spacial score (nSPS) is 22.6. The molecule has 0 saturated heterocycles. The molecule has 2 aliphatic rings. The molecule has 164 valence electrons. The van der Waals surface area contributed by atoms with Gasteiger partial charge < -0.3 is 14.8 Å². The average molecular weight is 424 g/mol. The largest absolute Gasteiger partial charge is 0.352 e. The van der Waals surface area contributed by atoms with Crippen LogP contribution < -0.4 is 5.32 Å². The summed E-state index contributed by atoms with van der Waals surface area (Å²) in [5.41, 5.74) is 1.21. The molecule has 4 rings (SSSR count). The first-order valence-corrected chi connectivity index (χ1v) is 10.8. The number of carbonyl (C=O) groups is 3. The molecule has 1 N–H and O–H groups in total. The fraction of sp³-hybridized carbons (Fsp3) is 0.522. The lowest BCUT2D eigenvalue weighted by molar-refractivity contribution is -0.137. The topological polar surface area (TPSA) is 97.2 Å². The molecule has 31 heavy (non-hydrogen) atoms. The highest BCUT2D eigenvalue weighted by molar-refractivity contribution is 6.06. The van der Waals surface area contributed by atoms with Crippen LogP contribution in [0.1, 0.15) is 63.2 Å². The Morgan fingerprint density at radius 1 is 1.29 bits per heavy atom. The van der Waals surface area contributed by atoms with Crippen molar-refractivity contribution in [3.05, 3.63) is 36.3 Å². The predicted octanol–water partition coefficient (Wildman–Crippen LogP) is 2.83. The number of hydrogen-bond donors (Lipinski definition) is 1. The van der Waals surface area contributed by atoms with E-state index >= 15 is 0 Å². The molecule has 1 aliphatic heterocycles. The van der Waals surface area contributed by atoms with Crippen LogP contribution in [0, 0.1) is 5.41 Å². The minimum absolute atomic E-state index is 0.0208. The SMILES string of the molecule is CC(=O)c1cn(CC(=O)N2C=CC[C@H]2C(=O)N[C@@H]2CCCC(C)(C)C2)c2nnccc12. The maximum absolute atomic E-state index is 13.1. The van der Waals surface area contributed by atoms with Crippen LogP contribution >= 0.6 is 0 Å². The monoisotopic (exact) mass is 423 g/mol. The molecule has 8 heteroatoms. The van der Waals surface area contributed by atoms with Crippen molar-refractivity contribution < 1.29 is 14.4 Å². The van der Waals surface area contributed by atoms with E-state index < -0.39 is 6.04 Å². The average Bonchev–Trinajstić information content (AvgIpc) is 3.33. The Kier molecular flexibility index (Phi) is 5.64. The number of aromatic nitrogens is 3. The summed E-state index contributed by atoms with van der Waals surface area (Å²) in [5, 5.41) is 11.8. The molecule has 1 saturated carbocycles. The number of carbonyl (C=O) groups excluding carboxylic acids is 3. The van der Waals surface area contributed by atoms with E-state index in [1.54, 1.807) is 23.0 Å². The molecule has 2 atom stereocenters. The molecule has 0 radical (unpaired) electrons. The van der Waals surface area contributed by atoms with Gasteiger partial charge >= 0.3 is 0 Å². The van der Waals surface area contributed by atoms with Gasteiger partial charge in [-0.05, 0) is 44.1 Å². The van der Waals surface area contributed by atoms with Crippen molar-refractivity contribution in [1.29, 1.82) is 0 Å². The van der Waals surface area contributed by atoms with Crippen molar-refractivity contribution in [2.45, 2.75) is 71.5 Å². The lowest BCUT2D eigenvalue weighted by Crippen LogP contribution is -2.50. The Labute approximate surface area is 181 Å². The highest BCUT2D eigenvalue weighted by Gasteiger charge is 2.34. The highest BCUT2D eigenvalue weighted by Crippen LogP contribution is 2.35. The van der Waals surface area contributed by atoms with E-state index in [0.29, 0.717) is 23.0 Å². The van der Waals surface area contributed by atoms with Gasteiger partial charge in [-0.1, -0.05) is 26.3 Å². The zero-order valence-electron chi connectivity index (χ0n) is 18.3. The summed E-state index contributed by atoms with van der Waals surface area (Å²) >= 11 is 0. The number of Topliss-reactive ketones (excluding diaryl/α,β-unsaturated/α-hetero) is 1. The molecule has 0 spiro atoms. The molecule has 0 aromatic carbocycles. The Bertz CT molecular complexity index is 1050. The molecule has 2 amide bonds. The second-order valence-electron chi connectivity index (χ2n) is 9.40. The number of hydrogen-bond acceptors (Lipinski definition) is 5. The first-order valence-electron chi connectivity index (χ1n) is 10.8. The Morgan fingerprint density at radius 3 is 2.84 bits per heavy atom. The van der Waals surface area contributed by atoms with Crippen molar-refractivity contribution in [1.82, 2.24) is 25.0 Å². The number of fused-ring (bicyclic) bond motifs is 1. The van der Waals surface area contributed by atoms with Crippen molar-refractivity contribution in [2.75, 3.05) is 0 Å². The lowest BCUT2D eigenvalue weighted by atomic mass is 9.75. The van der Waals surface area contributed by atoms with Gasteiger partial charge in [0.2, 0.25) is 11.8 Å². The molecule has 0 bridgehead atoms. The summed E-state index contributed by atoms with van der Waals surface area (Å²) in [6, 6.07) is 1.32. The number of rotatable bonds is 5. The van der Waals surface area contributed by atoms with Crippen molar-refractivity contribution in [2.24, 2.45) is 5.41 Å². The van der Waals surface area contributed by atoms with Crippen LogP contribution in [-0.4, -0.2) is 49.3 Å². The minimum atomic E-state index is -0.544. The third-order valence-corrected chi connectivity index (χ3v) is 6.34. The van der Waals surface area contributed by atoms with Gasteiger partial charge in [0.05, 0.1) is 6.20 Å². The molecular weight excluding hydrogens is 394 g/mol. The Hall–Kier alpha value is -3.03. The summed E-state index contributed by atoms with van der Waals surface area (Å²) in [6.45, 7) is 5.93. The van der Waals surface area contributed by atoms with E-state index in [9.17, 15) is 14.4 Å². The molecule has 0 unspecified atom stereocenters. The third kappa shape index (κ3) is 4.38. The fourth-order valence-corrected chi connectivity index (χ4v) is 4.79. The number of nitrogens with zero attached hydrogens (tertiary/aromatic N) is 4. The molecule has 2 aromatic heterocycles. The number of nitrogens with one attached hydrogen (secondary N) is 1. The van der Waals surface area contributed by atoms with Gasteiger partial charge in [-0.15, -0.1) is 5.10 Å². The standard InChI is InChI=1S/C23H29N5O3/c1-15(29)18-13-27(21-17(18)8-10-24-26-21)14-20(30)28-11-5-7-19(28)22(31)25-16-6-4-9-23(2,3)12-16/h5,8,10-11,13,16,19H,4,6-7,9,12,14H2,1-3H3,(H,25,31)/t16-,19+/m1/s1. The second kappa shape index (κ2) is 8.24. The summed E-state index contributed by atoms with van der Waals surface area (Å²) in [6.07, 6.45) is 11.4. The van der Waals surface area contributed by atoms with Crippen LogP contribution in [0.25, 0.3) is 11.0 Å². The highest BCUT2D eigenvalue weighted by atomic mass is 16.2. The van der Waals surface area contributed by atoms with Crippen LogP contribution in [0.15, 0.2) is 30.7 Å². The van der Waals surface area contributed by atoms with Gasteiger partial charge in [0.25, 0.3) is 0 Å². The zero-order chi connectivity index (χ0) is 22.2. The summed E-state index contributed by atoms with van der Waals surface area (Å²) in [4.78, 5) is 39.5. The lowest BCUT2D eigenvalue weighted by Gasteiger charge is -2.36. The van der Waals surface area contributed by atoms with E-state index in [4.69, 9.17) is 0 Å². The van der Waals surface area contributed by atoms with Crippen LogP contribution in [0.5, 0.6) is 0 Å². The van der Waals surface area contributed by atoms with Crippen LogP contribution in [0.2, 0.25) is 0 Å². The summed E-state index contributed by atoms with van der Waals surface area (Å²) < 4.78 is 1.63. The smallest absolute Gasteiger partial charge is 0.247 e. The van der Waals surface area contributed by atoms with Gasteiger partial charge in [0, 0.05) is 29.4 Å². The predicted molar refractivity (Wildman–Crippen MR) is 116 cm³/mol. The van der Waals surface area contributed by atoms with Crippen molar-refractivity contribution in [3.8, 4) is 0 Å². The molecular formula is C23H29N5O3. The zero-order valence-corrected chi connectivity index (χ0v) is 18.3. The third-order valence-electron chi connectivity index (χ3n) is 6.34. The van der Waals surface area contributed by atoms with Crippen LogP contribution in [0.4, 0.5) is 0 Å². The maximum Gasteiger partial charge on any atom is 0.247 e. The Balaban J connectivity index is 1.47. The van der Waals surface area contributed by atoms with Gasteiger partial charge in [0.15, 0.2) is 11.4 Å². The summed E-state index contributed by atoms with van der Waals surface area (Å²) in [5.74, 6) is -0.434. The summed E-state index contributed by atoms with van der Waals surface area (Å²) in [7, 11) is 0. The van der Waals surface area contributed by atoms with Crippen molar-refractivity contribution in [3.63, 3.8) is 0 Å². The van der Waals surface area contributed by atoms with Gasteiger partial charge in [-0.3, -0.25) is 14.4 Å².